The Labute approximate surface area is 132 Å². The van der Waals surface area contributed by atoms with E-state index in [-0.39, 0.29) is 5.60 Å². The number of nitrogens with one attached hydrogen (secondary N) is 1. The quantitative estimate of drug-likeness (QED) is 0.898. The van der Waals surface area contributed by atoms with E-state index in [0.717, 1.165) is 63.1 Å². The fourth-order valence-corrected chi connectivity index (χ4v) is 3.18. The molecule has 0 amide bonds. The monoisotopic (exact) mass is 309 g/mol. The van der Waals surface area contributed by atoms with Crippen LogP contribution in [-0.4, -0.2) is 62.9 Å². The molecule has 0 unspecified atom stereocenters. The smallest absolute Gasteiger partial charge is 0.0902 e. The molecule has 21 heavy (non-hydrogen) atoms. The van der Waals surface area contributed by atoms with Gasteiger partial charge in [-0.2, -0.15) is 0 Å². The average Bonchev–Trinajstić information content (AvgIpc) is 2.47. The summed E-state index contributed by atoms with van der Waals surface area (Å²) in [5, 5.41) is 4.11. The van der Waals surface area contributed by atoms with Crippen molar-refractivity contribution in [1.29, 1.82) is 0 Å². The number of halogens is 1. The number of para-hydroxylation sites is 1. The molecule has 2 saturated heterocycles. The number of anilines is 1. The Morgan fingerprint density at radius 1 is 1.19 bits per heavy atom. The van der Waals surface area contributed by atoms with Crippen molar-refractivity contribution in [2.75, 3.05) is 57.3 Å². The standard InChI is InChI=1S/C16H24ClN3O/c1-16(12-18-13-16)21-11-10-19-6-8-20(9-7-19)15-5-3-2-4-14(15)17/h2-5,18H,6-13H2,1H3. The lowest BCUT2D eigenvalue weighted by atomic mass is 10.0. The van der Waals surface area contributed by atoms with Crippen LogP contribution in [0.1, 0.15) is 6.92 Å². The van der Waals surface area contributed by atoms with Crippen molar-refractivity contribution in [3.05, 3.63) is 29.3 Å². The Bertz CT molecular complexity index is 470. The third-order valence-electron chi connectivity index (χ3n) is 4.42. The first kappa shape index (κ1) is 15.1. The summed E-state index contributed by atoms with van der Waals surface area (Å²) in [6.07, 6.45) is 0. The van der Waals surface area contributed by atoms with Crippen molar-refractivity contribution >= 4 is 17.3 Å². The maximum atomic E-state index is 6.27. The van der Waals surface area contributed by atoms with E-state index in [0.29, 0.717) is 0 Å². The van der Waals surface area contributed by atoms with Gasteiger partial charge in [-0.05, 0) is 19.1 Å². The molecule has 1 aromatic rings. The van der Waals surface area contributed by atoms with E-state index in [9.17, 15) is 0 Å². The fraction of sp³-hybridized carbons (Fsp3) is 0.625. The lowest BCUT2D eigenvalue weighted by Gasteiger charge is -2.40. The Morgan fingerprint density at radius 2 is 1.90 bits per heavy atom. The Kier molecular flexibility index (Phi) is 4.69. The highest BCUT2D eigenvalue weighted by atomic mass is 35.5. The Balaban J connectivity index is 1.42. The van der Waals surface area contributed by atoms with E-state index in [1.165, 1.54) is 0 Å². The zero-order valence-electron chi connectivity index (χ0n) is 12.6. The number of rotatable bonds is 5. The first-order chi connectivity index (χ1) is 10.2. The second-order valence-corrected chi connectivity index (χ2v) is 6.59. The molecule has 1 N–H and O–H groups in total. The molecular weight excluding hydrogens is 286 g/mol. The van der Waals surface area contributed by atoms with Gasteiger partial charge in [-0.1, -0.05) is 23.7 Å². The second-order valence-electron chi connectivity index (χ2n) is 6.18. The lowest BCUT2D eigenvalue weighted by Crippen LogP contribution is -2.59. The average molecular weight is 310 g/mol. The maximum Gasteiger partial charge on any atom is 0.0902 e. The third kappa shape index (κ3) is 3.69. The largest absolute Gasteiger partial charge is 0.371 e. The molecule has 3 rings (SSSR count). The molecule has 0 radical (unpaired) electrons. The number of piperazine rings is 1. The summed E-state index contributed by atoms with van der Waals surface area (Å²) < 4.78 is 5.96. The van der Waals surface area contributed by atoms with Crippen LogP contribution < -0.4 is 10.2 Å². The summed E-state index contributed by atoms with van der Waals surface area (Å²) in [7, 11) is 0. The lowest BCUT2D eigenvalue weighted by molar-refractivity contribution is -0.0723. The van der Waals surface area contributed by atoms with Crippen molar-refractivity contribution in [2.45, 2.75) is 12.5 Å². The highest BCUT2D eigenvalue weighted by molar-refractivity contribution is 6.33. The van der Waals surface area contributed by atoms with Crippen LogP contribution in [-0.2, 0) is 4.74 Å². The van der Waals surface area contributed by atoms with Gasteiger partial charge < -0.3 is 15.0 Å². The number of nitrogens with zero attached hydrogens (tertiary/aromatic N) is 2. The highest BCUT2D eigenvalue weighted by Gasteiger charge is 2.32. The zero-order chi connectivity index (χ0) is 14.7. The predicted molar refractivity (Wildman–Crippen MR) is 87.3 cm³/mol. The molecule has 0 aliphatic carbocycles. The molecule has 5 heteroatoms. The minimum atomic E-state index is 0.0688. The number of ether oxygens (including phenoxy) is 1. The van der Waals surface area contributed by atoms with Gasteiger partial charge in [0, 0.05) is 45.8 Å². The van der Waals surface area contributed by atoms with E-state index >= 15 is 0 Å². The van der Waals surface area contributed by atoms with Gasteiger partial charge in [-0.25, -0.2) is 0 Å². The summed E-state index contributed by atoms with van der Waals surface area (Å²) in [6.45, 7) is 10.2. The maximum absolute atomic E-state index is 6.27. The third-order valence-corrected chi connectivity index (χ3v) is 4.74. The number of benzene rings is 1. The van der Waals surface area contributed by atoms with E-state index in [2.05, 4.69) is 34.2 Å². The summed E-state index contributed by atoms with van der Waals surface area (Å²) >= 11 is 6.27. The van der Waals surface area contributed by atoms with Gasteiger partial charge in [-0.3, -0.25) is 4.90 Å². The van der Waals surface area contributed by atoms with Gasteiger partial charge in [0.2, 0.25) is 0 Å². The molecule has 0 bridgehead atoms. The van der Waals surface area contributed by atoms with Crippen LogP contribution >= 0.6 is 11.6 Å². The van der Waals surface area contributed by atoms with Crippen LogP contribution in [0, 0.1) is 0 Å². The van der Waals surface area contributed by atoms with Crippen molar-refractivity contribution < 1.29 is 4.74 Å². The molecule has 4 nitrogen and oxygen atoms in total. The van der Waals surface area contributed by atoms with Crippen LogP contribution in [0.2, 0.25) is 5.02 Å². The van der Waals surface area contributed by atoms with Crippen molar-refractivity contribution in [3.63, 3.8) is 0 Å². The molecule has 2 heterocycles. The molecule has 0 atom stereocenters. The van der Waals surface area contributed by atoms with Crippen molar-refractivity contribution in [3.8, 4) is 0 Å². The zero-order valence-corrected chi connectivity index (χ0v) is 13.4. The van der Waals surface area contributed by atoms with Gasteiger partial charge in [-0.15, -0.1) is 0 Å². The predicted octanol–water partition coefficient (Wildman–Crippen LogP) is 1.84. The van der Waals surface area contributed by atoms with Crippen LogP contribution in [0.3, 0.4) is 0 Å². The molecular formula is C16H24ClN3O. The molecule has 0 spiro atoms. The van der Waals surface area contributed by atoms with Crippen LogP contribution in [0.15, 0.2) is 24.3 Å². The molecule has 0 saturated carbocycles. The summed E-state index contributed by atoms with van der Waals surface area (Å²) in [5.41, 5.74) is 1.22. The first-order valence-electron chi connectivity index (χ1n) is 7.73. The topological polar surface area (TPSA) is 27.7 Å². The van der Waals surface area contributed by atoms with E-state index < -0.39 is 0 Å². The normalized spacial score (nSPS) is 22.1. The van der Waals surface area contributed by atoms with E-state index in [4.69, 9.17) is 16.3 Å². The van der Waals surface area contributed by atoms with Crippen molar-refractivity contribution in [2.24, 2.45) is 0 Å². The summed E-state index contributed by atoms with van der Waals surface area (Å²) in [6, 6.07) is 8.10. The summed E-state index contributed by atoms with van der Waals surface area (Å²) in [4.78, 5) is 4.85. The molecule has 2 aliphatic rings. The first-order valence-corrected chi connectivity index (χ1v) is 8.11. The van der Waals surface area contributed by atoms with Crippen LogP contribution in [0.4, 0.5) is 5.69 Å². The van der Waals surface area contributed by atoms with Gasteiger partial charge in [0.25, 0.3) is 0 Å². The SMILES string of the molecule is CC1(OCCN2CCN(c3ccccc3Cl)CC2)CNC1. The second kappa shape index (κ2) is 6.53. The molecule has 1 aromatic carbocycles. The van der Waals surface area contributed by atoms with Crippen LogP contribution in [0.25, 0.3) is 0 Å². The molecule has 2 aliphatic heterocycles. The van der Waals surface area contributed by atoms with E-state index in [1.807, 2.05) is 12.1 Å². The van der Waals surface area contributed by atoms with E-state index in [1.54, 1.807) is 0 Å². The highest BCUT2D eigenvalue weighted by Crippen LogP contribution is 2.26. The fourth-order valence-electron chi connectivity index (χ4n) is 2.92. The van der Waals surface area contributed by atoms with Gasteiger partial charge in [0.1, 0.15) is 0 Å². The number of hydrogen-bond donors (Lipinski definition) is 1. The Morgan fingerprint density at radius 3 is 2.52 bits per heavy atom. The minimum Gasteiger partial charge on any atom is -0.371 e. The van der Waals surface area contributed by atoms with Gasteiger partial charge >= 0.3 is 0 Å². The number of hydrogen-bond acceptors (Lipinski definition) is 4. The molecule has 0 aromatic heterocycles. The van der Waals surface area contributed by atoms with Crippen molar-refractivity contribution in [1.82, 2.24) is 10.2 Å². The molecule has 116 valence electrons. The molecule has 2 fully saturated rings. The summed E-state index contributed by atoms with van der Waals surface area (Å²) in [5.74, 6) is 0. The minimum absolute atomic E-state index is 0.0688. The van der Waals surface area contributed by atoms with Gasteiger partial charge in [0.15, 0.2) is 0 Å². The van der Waals surface area contributed by atoms with Crippen LogP contribution in [0.5, 0.6) is 0 Å². The van der Waals surface area contributed by atoms with Gasteiger partial charge in [0.05, 0.1) is 22.9 Å². The Hall–Kier alpha value is -0.810.